The Balaban J connectivity index is 2.16. The Morgan fingerprint density at radius 2 is 1.84 bits per heavy atom. The fourth-order valence-corrected chi connectivity index (χ4v) is 4.85. The molecule has 2 atom stereocenters. The molecule has 19 heavy (non-hydrogen) atoms. The second-order valence-corrected chi connectivity index (χ2v) is 7.31. The van der Waals surface area contributed by atoms with Gasteiger partial charge < -0.3 is 10.2 Å². The van der Waals surface area contributed by atoms with Crippen LogP contribution < -0.4 is 0 Å². The minimum atomic E-state index is 0.0240. The highest BCUT2D eigenvalue weighted by Crippen LogP contribution is 2.58. The second-order valence-electron chi connectivity index (χ2n) is 7.31. The van der Waals surface area contributed by atoms with Gasteiger partial charge in [0.05, 0.1) is 0 Å². The van der Waals surface area contributed by atoms with Crippen LogP contribution in [-0.2, 0) is 11.8 Å². The Morgan fingerprint density at radius 1 is 1.11 bits per heavy atom. The molecule has 2 nitrogen and oxygen atoms in total. The molecule has 2 aliphatic rings. The van der Waals surface area contributed by atoms with Gasteiger partial charge in [-0.1, -0.05) is 33.3 Å². The smallest absolute Gasteiger partial charge is 0.160 e. The predicted octanol–water partition coefficient (Wildman–Crippen LogP) is 4.13. The number of hydrogen-bond donors (Lipinski definition) is 2. The van der Waals surface area contributed by atoms with Gasteiger partial charge in [0.2, 0.25) is 0 Å². The molecule has 2 aliphatic carbocycles. The van der Waals surface area contributed by atoms with Gasteiger partial charge in [-0.25, -0.2) is 0 Å². The third kappa shape index (κ3) is 1.69. The van der Waals surface area contributed by atoms with Crippen molar-refractivity contribution in [1.29, 1.82) is 0 Å². The molecule has 0 bridgehead atoms. The van der Waals surface area contributed by atoms with Gasteiger partial charge in [-0.15, -0.1) is 0 Å². The molecule has 1 fully saturated rings. The van der Waals surface area contributed by atoms with Crippen LogP contribution in [0.15, 0.2) is 12.1 Å². The van der Waals surface area contributed by atoms with Crippen molar-refractivity contribution in [2.75, 3.05) is 0 Å². The standard InChI is InChI=1S/C17H24O2/c1-16(2)9-4-10-17(3)12-6-7-13(18)15(19)11(12)5-8-14(16)17/h6-7,14,18-19H,4-5,8-10H2,1-3H3/t14-,17+/m0/s1. The van der Waals surface area contributed by atoms with E-state index in [2.05, 4.69) is 20.8 Å². The van der Waals surface area contributed by atoms with Gasteiger partial charge in [0.25, 0.3) is 0 Å². The van der Waals surface area contributed by atoms with E-state index in [0.29, 0.717) is 11.3 Å². The van der Waals surface area contributed by atoms with Crippen molar-refractivity contribution in [3.63, 3.8) is 0 Å². The summed E-state index contributed by atoms with van der Waals surface area (Å²) in [6, 6.07) is 3.70. The summed E-state index contributed by atoms with van der Waals surface area (Å²) < 4.78 is 0. The molecule has 1 saturated carbocycles. The third-order valence-electron chi connectivity index (χ3n) is 5.79. The summed E-state index contributed by atoms with van der Waals surface area (Å²) >= 11 is 0. The topological polar surface area (TPSA) is 40.5 Å². The summed E-state index contributed by atoms with van der Waals surface area (Å²) in [5.74, 6) is 0.807. The van der Waals surface area contributed by atoms with Crippen molar-refractivity contribution in [2.45, 2.75) is 58.3 Å². The summed E-state index contributed by atoms with van der Waals surface area (Å²) in [6.07, 6.45) is 5.75. The predicted molar refractivity (Wildman–Crippen MR) is 76.6 cm³/mol. The quantitative estimate of drug-likeness (QED) is 0.689. The number of phenols is 2. The van der Waals surface area contributed by atoms with Gasteiger partial charge in [-0.05, 0) is 54.1 Å². The largest absolute Gasteiger partial charge is 0.504 e. The maximum atomic E-state index is 10.1. The maximum absolute atomic E-state index is 10.1. The molecule has 0 saturated heterocycles. The Hall–Kier alpha value is -1.18. The van der Waals surface area contributed by atoms with E-state index in [1.54, 1.807) is 6.07 Å². The van der Waals surface area contributed by atoms with Crippen LogP contribution in [0.3, 0.4) is 0 Å². The van der Waals surface area contributed by atoms with Crippen LogP contribution in [0.2, 0.25) is 0 Å². The van der Waals surface area contributed by atoms with Crippen LogP contribution in [-0.4, -0.2) is 10.2 Å². The summed E-state index contributed by atoms with van der Waals surface area (Å²) in [5.41, 5.74) is 2.78. The molecule has 1 aromatic rings. The number of fused-ring (bicyclic) bond motifs is 3. The first kappa shape index (κ1) is 12.8. The van der Waals surface area contributed by atoms with Crippen LogP contribution in [0.4, 0.5) is 0 Å². The zero-order chi connectivity index (χ0) is 13.8. The molecule has 0 radical (unpaired) electrons. The van der Waals surface area contributed by atoms with Crippen molar-refractivity contribution in [3.05, 3.63) is 23.3 Å². The number of aromatic hydroxyl groups is 2. The van der Waals surface area contributed by atoms with E-state index in [1.807, 2.05) is 6.07 Å². The Kier molecular flexibility index (Phi) is 2.64. The lowest BCUT2D eigenvalue weighted by atomic mass is 9.50. The first-order chi connectivity index (χ1) is 8.86. The number of phenolic OH excluding ortho intramolecular Hbond substituents is 2. The molecular formula is C17H24O2. The lowest BCUT2D eigenvalue weighted by Gasteiger charge is -2.54. The van der Waals surface area contributed by atoms with E-state index < -0.39 is 0 Å². The van der Waals surface area contributed by atoms with Crippen molar-refractivity contribution >= 4 is 0 Å². The van der Waals surface area contributed by atoms with Crippen molar-refractivity contribution < 1.29 is 10.2 Å². The Bertz CT molecular complexity index is 518. The Morgan fingerprint density at radius 3 is 2.58 bits per heavy atom. The molecule has 0 aliphatic heterocycles. The lowest BCUT2D eigenvalue weighted by Crippen LogP contribution is -2.47. The monoisotopic (exact) mass is 260 g/mol. The molecule has 0 heterocycles. The van der Waals surface area contributed by atoms with E-state index in [0.717, 1.165) is 18.4 Å². The first-order valence-electron chi connectivity index (χ1n) is 7.40. The average Bonchev–Trinajstić information content (AvgIpc) is 2.33. The van der Waals surface area contributed by atoms with Crippen molar-refractivity contribution in [1.82, 2.24) is 0 Å². The Labute approximate surface area is 115 Å². The van der Waals surface area contributed by atoms with E-state index in [9.17, 15) is 10.2 Å². The van der Waals surface area contributed by atoms with Crippen LogP contribution in [0.1, 0.15) is 57.6 Å². The van der Waals surface area contributed by atoms with Gasteiger partial charge in [-0.3, -0.25) is 0 Å². The molecule has 0 unspecified atom stereocenters. The molecular weight excluding hydrogens is 236 g/mol. The summed E-state index contributed by atoms with van der Waals surface area (Å²) in [7, 11) is 0. The van der Waals surface area contributed by atoms with Gasteiger partial charge in [0.1, 0.15) is 0 Å². The van der Waals surface area contributed by atoms with Gasteiger partial charge in [-0.2, -0.15) is 0 Å². The van der Waals surface area contributed by atoms with Crippen LogP contribution in [0, 0.1) is 11.3 Å². The molecule has 0 aromatic heterocycles. The number of hydrogen-bond acceptors (Lipinski definition) is 2. The van der Waals surface area contributed by atoms with Crippen molar-refractivity contribution in [2.24, 2.45) is 11.3 Å². The normalized spacial score (nSPS) is 32.5. The molecule has 2 heteroatoms. The number of benzene rings is 1. The van der Waals surface area contributed by atoms with Crippen LogP contribution in [0.5, 0.6) is 11.5 Å². The first-order valence-corrected chi connectivity index (χ1v) is 7.40. The highest BCUT2D eigenvalue weighted by atomic mass is 16.3. The molecule has 2 N–H and O–H groups in total. The second kappa shape index (κ2) is 3.91. The van der Waals surface area contributed by atoms with Crippen LogP contribution in [0.25, 0.3) is 0 Å². The minimum absolute atomic E-state index is 0.0240. The summed E-state index contributed by atoms with van der Waals surface area (Å²) in [5, 5.41) is 19.8. The van der Waals surface area contributed by atoms with E-state index in [-0.39, 0.29) is 16.9 Å². The molecule has 104 valence electrons. The number of rotatable bonds is 0. The SMILES string of the molecule is CC1(C)CCC[C@]2(C)c3ccc(O)c(O)c3CC[C@@H]12. The van der Waals surface area contributed by atoms with Crippen LogP contribution >= 0.6 is 0 Å². The highest BCUT2D eigenvalue weighted by Gasteiger charge is 2.50. The summed E-state index contributed by atoms with van der Waals surface area (Å²) in [4.78, 5) is 0. The van der Waals surface area contributed by atoms with Gasteiger partial charge >= 0.3 is 0 Å². The highest BCUT2D eigenvalue weighted by molar-refractivity contribution is 5.53. The molecule has 1 aromatic carbocycles. The van der Waals surface area contributed by atoms with Crippen molar-refractivity contribution in [3.8, 4) is 11.5 Å². The maximum Gasteiger partial charge on any atom is 0.160 e. The lowest BCUT2D eigenvalue weighted by molar-refractivity contribution is 0.0401. The van der Waals surface area contributed by atoms with E-state index >= 15 is 0 Å². The molecule has 0 amide bonds. The van der Waals surface area contributed by atoms with Gasteiger partial charge in [0.15, 0.2) is 11.5 Å². The minimum Gasteiger partial charge on any atom is -0.504 e. The fraction of sp³-hybridized carbons (Fsp3) is 0.647. The van der Waals surface area contributed by atoms with E-state index in [1.165, 1.54) is 24.8 Å². The zero-order valence-corrected chi connectivity index (χ0v) is 12.2. The third-order valence-corrected chi connectivity index (χ3v) is 5.79. The summed E-state index contributed by atoms with van der Waals surface area (Å²) in [6.45, 7) is 7.13. The fourth-order valence-electron chi connectivity index (χ4n) is 4.85. The molecule has 3 rings (SSSR count). The average molecular weight is 260 g/mol. The van der Waals surface area contributed by atoms with Gasteiger partial charge in [0, 0.05) is 5.56 Å². The van der Waals surface area contributed by atoms with E-state index in [4.69, 9.17) is 0 Å². The zero-order valence-electron chi connectivity index (χ0n) is 12.2. The molecule has 0 spiro atoms.